The molecule has 0 aromatic heterocycles. The summed E-state index contributed by atoms with van der Waals surface area (Å²) in [5.41, 5.74) is 2.61. The van der Waals surface area contributed by atoms with Crippen molar-refractivity contribution in [1.29, 1.82) is 0 Å². The van der Waals surface area contributed by atoms with Gasteiger partial charge in [-0.05, 0) is 23.8 Å². The van der Waals surface area contributed by atoms with Crippen LogP contribution in [0.3, 0.4) is 0 Å². The molecule has 1 unspecified atom stereocenters. The summed E-state index contributed by atoms with van der Waals surface area (Å²) in [4.78, 5) is 18.5. The van der Waals surface area contributed by atoms with E-state index < -0.39 is 12.1 Å². The van der Waals surface area contributed by atoms with Gasteiger partial charge < -0.3 is 20.0 Å². The molecule has 0 saturated heterocycles. The fourth-order valence-electron chi connectivity index (χ4n) is 2.42. The Hall–Kier alpha value is -2.96. The van der Waals surface area contributed by atoms with Crippen molar-refractivity contribution in [2.24, 2.45) is 5.16 Å². The summed E-state index contributed by atoms with van der Waals surface area (Å²) in [6, 6.07) is 9.38. The van der Waals surface area contributed by atoms with Crippen molar-refractivity contribution in [2.75, 3.05) is 13.2 Å². The quantitative estimate of drug-likeness (QED) is 0.628. The second kappa shape index (κ2) is 7.74. The predicted octanol–water partition coefficient (Wildman–Crippen LogP) is 1.50. The van der Waals surface area contributed by atoms with Crippen LogP contribution in [0.1, 0.15) is 5.56 Å². The van der Waals surface area contributed by atoms with Gasteiger partial charge in [-0.1, -0.05) is 41.6 Å². The molecule has 25 heavy (non-hydrogen) atoms. The van der Waals surface area contributed by atoms with Gasteiger partial charge in [-0.3, -0.25) is 0 Å². The lowest BCUT2D eigenvalue weighted by atomic mass is 10.0. The van der Waals surface area contributed by atoms with Crippen LogP contribution in [0.15, 0.2) is 83.3 Å². The summed E-state index contributed by atoms with van der Waals surface area (Å²) in [7, 11) is 0. The Balaban J connectivity index is 1.74. The van der Waals surface area contributed by atoms with Crippen LogP contribution in [-0.2, 0) is 9.63 Å². The van der Waals surface area contributed by atoms with E-state index in [4.69, 9.17) is 9.94 Å². The first kappa shape index (κ1) is 16.9. The summed E-state index contributed by atoms with van der Waals surface area (Å²) < 4.78 is 0. The third-order valence-corrected chi connectivity index (χ3v) is 3.73. The number of carbonyl (C=O) groups is 1. The highest BCUT2D eigenvalue weighted by Crippen LogP contribution is 2.19. The SMILES string of the molecule is O=C1ON=C(c2ccccc2)/C1=C\C=C1C=CN(CC(O)CO)C=C1. The van der Waals surface area contributed by atoms with E-state index >= 15 is 0 Å². The van der Waals surface area contributed by atoms with Gasteiger partial charge in [0, 0.05) is 18.0 Å². The zero-order valence-electron chi connectivity index (χ0n) is 13.4. The average molecular weight is 338 g/mol. The minimum Gasteiger partial charge on any atom is -0.394 e. The van der Waals surface area contributed by atoms with Crippen molar-refractivity contribution in [3.8, 4) is 0 Å². The number of oxime groups is 1. The summed E-state index contributed by atoms with van der Waals surface area (Å²) in [5, 5.41) is 22.2. The third-order valence-electron chi connectivity index (χ3n) is 3.73. The number of hydrogen-bond donors (Lipinski definition) is 2. The topological polar surface area (TPSA) is 82.4 Å². The first-order chi connectivity index (χ1) is 12.2. The van der Waals surface area contributed by atoms with E-state index in [1.807, 2.05) is 42.5 Å². The van der Waals surface area contributed by atoms with Gasteiger partial charge in [-0.2, -0.15) is 0 Å². The summed E-state index contributed by atoms with van der Waals surface area (Å²) >= 11 is 0. The highest BCUT2D eigenvalue weighted by atomic mass is 16.7. The van der Waals surface area contributed by atoms with Gasteiger partial charge in [0.05, 0.1) is 24.8 Å². The fourth-order valence-corrected chi connectivity index (χ4v) is 2.42. The van der Waals surface area contributed by atoms with Gasteiger partial charge in [0.25, 0.3) is 0 Å². The van der Waals surface area contributed by atoms with Crippen molar-refractivity contribution in [1.82, 2.24) is 4.90 Å². The van der Waals surface area contributed by atoms with Gasteiger partial charge >= 0.3 is 5.97 Å². The molecule has 2 heterocycles. The molecule has 1 atom stereocenters. The minimum absolute atomic E-state index is 0.281. The lowest BCUT2D eigenvalue weighted by molar-refractivity contribution is -0.136. The van der Waals surface area contributed by atoms with Gasteiger partial charge in [0.1, 0.15) is 5.71 Å². The smallest absolute Gasteiger partial charge is 0.368 e. The largest absolute Gasteiger partial charge is 0.394 e. The minimum atomic E-state index is -0.792. The molecule has 0 bridgehead atoms. The van der Waals surface area contributed by atoms with Crippen molar-refractivity contribution in [2.45, 2.75) is 6.10 Å². The van der Waals surface area contributed by atoms with Crippen LogP contribution >= 0.6 is 0 Å². The van der Waals surface area contributed by atoms with Crippen LogP contribution in [0, 0.1) is 0 Å². The number of benzene rings is 1. The van der Waals surface area contributed by atoms with Crippen LogP contribution in [0.5, 0.6) is 0 Å². The number of hydrogen-bond acceptors (Lipinski definition) is 6. The van der Waals surface area contributed by atoms with Crippen LogP contribution < -0.4 is 0 Å². The lowest BCUT2D eigenvalue weighted by Crippen LogP contribution is -2.27. The maximum atomic E-state index is 11.9. The van der Waals surface area contributed by atoms with Crippen LogP contribution in [0.4, 0.5) is 0 Å². The molecule has 2 aliphatic heterocycles. The second-order valence-electron chi connectivity index (χ2n) is 5.60. The number of β-amino-alcohol motifs (C(OH)–C–C–N with tert-alkyl or cyclic N) is 1. The van der Waals surface area contributed by atoms with E-state index in [0.717, 1.165) is 11.1 Å². The number of aliphatic hydroxyl groups excluding tert-OH is 2. The Morgan fingerprint density at radius 1 is 1.16 bits per heavy atom. The molecule has 0 fully saturated rings. The summed E-state index contributed by atoms with van der Waals surface area (Å²) in [5.74, 6) is -0.479. The molecule has 1 aromatic carbocycles. The number of aliphatic hydroxyl groups is 2. The van der Waals surface area contributed by atoms with Crippen molar-refractivity contribution < 1.29 is 19.8 Å². The Labute approximate surface area is 145 Å². The van der Waals surface area contributed by atoms with Crippen LogP contribution in [-0.4, -0.2) is 46.0 Å². The van der Waals surface area contributed by atoms with E-state index in [-0.39, 0.29) is 6.61 Å². The molecule has 6 heteroatoms. The molecule has 0 saturated carbocycles. The van der Waals surface area contributed by atoms with Crippen molar-refractivity contribution in [3.05, 3.63) is 83.7 Å². The number of rotatable bonds is 5. The first-order valence-corrected chi connectivity index (χ1v) is 7.85. The average Bonchev–Trinajstić information content (AvgIpc) is 3.02. The molecule has 0 aliphatic carbocycles. The molecule has 2 aliphatic rings. The molecule has 0 radical (unpaired) electrons. The Morgan fingerprint density at radius 2 is 1.88 bits per heavy atom. The third kappa shape index (κ3) is 4.12. The van der Waals surface area contributed by atoms with E-state index in [1.165, 1.54) is 0 Å². The molecule has 0 spiro atoms. The van der Waals surface area contributed by atoms with Crippen LogP contribution in [0.2, 0.25) is 0 Å². The van der Waals surface area contributed by atoms with E-state index in [1.54, 1.807) is 29.5 Å². The number of carbonyl (C=O) groups excluding carboxylic acids is 1. The molecular formula is C19H18N2O4. The zero-order chi connectivity index (χ0) is 17.6. The number of allylic oxidation sites excluding steroid dienone is 5. The molecule has 2 N–H and O–H groups in total. The first-order valence-electron chi connectivity index (χ1n) is 7.85. The Morgan fingerprint density at radius 3 is 2.56 bits per heavy atom. The lowest BCUT2D eigenvalue weighted by Gasteiger charge is -2.20. The zero-order valence-corrected chi connectivity index (χ0v) is 13.4. The van der Waals surface area contributed by atoms with Gasteiger partial charge in [-0.25, -0.2) is 4.79 Å². The maximum Gasteiger partial charge on any atom is 0.368 e. The van der Waals surface area contributed by atoms with Gasteiger partial charge in [0.2, 0.25) is 0 Å². The van der Waals surface area contributed by atoms with E-state index in [9.17, 15) is 9.90 Å². The highest BCUT2D eigenvalue weighted by molar-refractivity contribution is 6.28. The van der Waals surface area contributed by atoms with E-state index in [0.29, 0.717) is 17.8 Å². The summed E-state index contributed by atoms with van der Waals surface area (Å²) in [6.45, 7) is 0.0334. The molecule has 3 rings (SSSR count). The number of nitrogens with zero attached hydrogens (tertiary/aromatic N) is 2. The van der Waals surface area contributed by atoms with Crippen molar-refractivity contribution >= 4 is 11.7 Å². The molecule has 1 aromatic rings. The Bertz CT molecular complexity index is 775. The molecular weight excluding hydrogens is 320 g/mol. The Kier molecular flexibility index (Phi) is 5.23. The van der Waals surface area contributed by atoms with Crippen LogP contribution in [0.25, 0.3) is 0 Å². The second-order valence-corrected chi connectivity index (χ2v) is 5.60. The van der Waals surface area contributed by atoms with Gasteiger partial charge in [0.15, 0.2) is 0 Å². The normalized spacial score (nSPS) is 19.2. The standard InChI is InChI=1S/C19H18N2O4/c22-13-16(23)12-21-10-8-14(9-11-21)6-7-17-18(20-25-19(17)24)15-4-2-1-3-5-15/h1-11,16,22-23H,12-13H2/b17-7+. The molecule has 6 nitrogen and oxygen atoms in total. The monoisotopic (exact) mass is 338 g/mol. The molecule has 0 amide bonds. The van der Waals surface area contributed by atoms with E-state index in [2.05, 4.69) is 5.16 Å². The highest BCUT2D eigenvalue weighted by Gasteiger charge is 2.25. The van der Waals surface area contributed by atoms with Gasteiger partial charge in [-0.15, -0.1) is 0 Å². The fraction of sp³-hybridized carbons (Fsp3) is 0.158. The maximum absolute atomic E-state index is 11.9. The summed E-state index contributed by atoms with van der Waals surface area (Å²) in [6.07, 6.45) is 9.97. The van der Waals surface area contributed by atoms with Crippen molar-refractivity contribution in [3.63, 3.8) is 0 Å². The predicted molar refractivity (Wildman–Crippen MR) is 93.3 cm³/mol. The molecule has 128 valence electrons.